The van der Waals surface area contributed by atoms with Crippen LogP contribution in [0.1, 0.15) is 58.8 Å². The number of amides is 1. The number of carbonyl (C=O) groups excluding carboxylic acids is 1. The fourth-order valence-corrected chi connectivity index (χ4v) is 2.79. The topological polar surface area (TPSA) is 55.1 Å². The highest BCUT2D eigenvalue weighted by molar-refractivity contribution is 5.79. The average Bonchev–Trinajstić information content (AvgIpc) is 2.28. The second kappa shape index (κ2) is 7.70. The van der Waals surface area contributed by atoms with Crippen LogP contribution in [0.2, 0.25) is 0 Å². The summed E-state index contributed by atoms with van der Waals surface area (Å²) in [5.41, 5.74) is 6.06. The fourth-order valence-electron chi connectivity index (χ4n) is 2.79. The summed E-state index contributed by atoms with van der Waals surface area (Å²) in [5.74, 6) is 0.658. The highest BCUT2D eigenvalue weighted by Gasteiger charge is 2.33. The summed E-state index contributed by atoms with van der Waals surface area (Å²) in [6.45, 7) is 5.16. The Hall–Kier alpha value is -0.570. The van der Waals surface area contributed by atoms with Crippen LogP contribution in [-0.4, -0.2) is 18.5 Å². The maximum atomic E-state index is 12.1. The molecular weight excluding hydrogens is 212 g/mol. The summed E-state index contributed by atoms with van der Waals surface area (Å²) in [5, 5.41) is 3.05. The third-order valence-corrected chi connectivity index (χ3v) is 3.90. The number of nitrogens with one attached hydrogen (secondary N) is 1. The molecule has 1 saturated carbocycles. The molecule has 0 aliphatic heterocycles. The van der Waals surface area contributed by atoms with Gasteiger partial charge in [0.15, 0.2) is 0 Å². The summed E-state index contributed by atoms with van der Waals surface area (Å²) < 4.78 is 0. The van der Waals surface area contributed by atoms with Crippen molar-refractivity contribution in [3.63, 3.8) is 0 Å². The maximum absolute atomic E-state index is 12.1. The number of hydrogen-bond acceptors (Lipinski definition) is 2. The zero-order valence-electron chi connectivity index (χ0n) is 11.4. The molecule has 3 atom stereocenters. The SMILES string of the molecule is CCCCCCNC(=O)C1C(C)CCCC1N. The Morgan fingerprint density at radius 3 is 2.71 bits per heavy atom. The number of nitrogens with two attached hydrogens (primary N) is 1. The van der Waals surface area contributed by atoms with Gasteiger partial charge in [0.05, 0.1) is 5.92 Å². The van der Waals surface area contributed by atoms with Crippen molar-refractivity contribution < 1.29 is 4.79 Å². The van der Waals surface area contributed by atoms with E-state index in [0.29, 0.717) is 5.92 Å². The molecule has 1 aliphatic carbocycles. The molecule has 1 aliphatic rings. The van der Waals surface area contributed by atoms with Gasteiger partial charge in [0.25, 0.3) is 0 Å². The van der Waals surface area contributed by atoms with Gasteiger partial charge in [-0.25, -0.2) is 0 Å². The van der Waals surface area contributed by atoms with Crippen LogP contribution in [0.3, 0.4) is 0 Å². The fraction of sp³-hybridized carbons (Fsp3) is 0.929. The second-order valence-corrected chi connectivity index (χ2v) is 5.45. The van der Waals surface area contributed by atoms with Crippen LogP contribution in [0.4, 0.5) is 0 Å². The van der Waals surface area contributed by atoms with Crippen molar-refractivity contribution in [1.29, 1.82) is 0 Å². The Kier molecular flexibility index (Phi) is 6.56. The summed E-state index contributed by atoms with van der Waals surface area (Å²) >= 11 is 0. The van der Waals surface area contributed by atoms with Crippen molar-refractivity contribution in [1.82, 2.24) is 5.32 Å². The Labute approximate surface area is 106 Å². The first-order chi connectivity index (χ1) is 8.16. The predicted octanol–water partition coefficient (Wildman–Crippen LogP) is 2.45. The molecular formula is C14H28N2O. The zero-order chi connectivity index (χ0) is 12.7. The molecule has 0 saturated heterocycles. The van der Waals surface area contributed by atoms with Crippen molar-refractivity contribution in [2.24, 2.45) is 17.6 Å². The molecule has 3 heteroatoms. The van der Waals surface area contributed by atoms with Crippen LogP contribution in [0.25, 0.3) is 0 Å². The van der Waals surface area contributed by atoms with Crippen molar-refractivity contribution in [2.45, 2.75) is 64.8 Å². The number of hydrogen-bond donors (Lipinski definition) is 2. The van der Waals surface area contributed by atoms with Crippen LogP contribution in [0.15, 0.2) is 0 Å². The van der Waals surface area contributed by atoms with E-state index in [9.17, 15) is 4.79 Å². The monoisotopic (exact) mass is 240 g/mol. The zero-order valence-corrected chi connectivity index (χ0v) is 11.4. The number of unbranched alkanes of at least 4 members (excludes halogenated alkanes) is 3. The summed E-state index contributed by atoms with van der Waals surface area (Å²) in [6.07, 6.45) is 8.11. The lowest BCUT2D eigenvalue weighted by Crippen LogP contribution is -2.47. The molecule has 3 nitrogen and oxygen atoms in total. The quantitative estimate of drug-likeness (QED) is 0.701. The molecule has 1 rings (SSSR count). The van der Waals surface area contributed by atoms with Crippen LogP contribution in [0.5, 0.6) is 0 Å². The molecule has 0 aromatic heterocycles. The van der Waals surface area contributed by atoms with Gasteiger partial charge in [-0.05, 0) is 25.2 Å². The maximum Gasteiger partial charge on any atom is 0.224 e. The van der Waals surface area contributed by atoms with Crippen LogP contribution < -0.4 is 11.1 Å². The van der Waals surface area contributed by atoms with Gasteiger partial charge < -0.3 is 11.1 Å². The average molecular weight is 240 g/mol. The van der Waals surface area contributed by atoms with Crippen molar-refractivity contribution in [2.75, 3.05) is 6.54 Å². The lowest BCUT2D eigenvalue weighted by molar-refractivity contribution is -0.128. The van der Waals surface area contributed by atoms with Gasteiger partial charge in [0.1, 0.15) is 0 Å². The molecule has 17 heavy (non-hydrogen) atoms. The normalized spacial score (nSPS) is 29.0. The van der Waals surface area contributed by atoms with Gasteiger partial charge in [-0.15, -0.1) is 0 Å². The van der Waals surface area contributed by atoms with E-state index >= 15 is 0 Å². The summed E-state index contributed by atoms with van der Waals surface area (Å²) in [7, 11) is 0. The van der Waals surface area contributed by atoms with E-state index in [1.165, 1.54) is 25.7 Å². The lowest BCUT2D eigenvalue weighted by Gasteiger charge is -2.33. The highest BCUT2D eigenvalue weighted by atomic mass is 16.1. The smallest absolute Gasteiger partial charge is 0.224 e. The Morgan fingerprint density at radius 2 is 2.06 bits per heavy atom. The molecule has 0 radical (unpaired) electrons. The van der Waals surface area contributed by atoms with Gasteiger partial charge in [-0.2, -0.15) is 0 Å². The van der Waals surface area contributed by atoms with Gasteiger partial charge in [-0.1, -0.05) is 39.5 Å². The molecule has 1 amide bonds. The lowest BCUT2D eigenvalue weighted by atomic mass is 9.76. The molecule has 0 spiro atoms. The molecule has 100 valence electrons. The minimum Gasteiger partial charge on any atom is -0.356 e. The van der Waals surface area contributed by atoms with E-state index < -0.39 is 0 Å². The number of rotatable bonds is 6. The first kappa shape index (κ1) is 14.5. The minimum absolute atomic E-state index is 0.0370. The second-order valence-electron chi connectivity index (χ2n) is 5.45. The number of carbonyl (C=O) groups is 1. The van der Waals surface area contributed by atoms with Gasteiger partial charge in [-0.3, -0.25) is 4.79 Å². The van der Waals surface area contributed by atoms with Gasteiger partial charge in [0, 0.05) is 12.6 Å². The van der Waals surface area contributed by atoms with E-state index in [1.807, 2.05) is 0 Å². The van der Waals surface area contributed by atoms with E-state index in [-0.39, 0.29) is 17.9 Å². The van der Waals surface area contributed by atoms with Gasteiger partial charge >= 0.3 is 0 Å². The third-order valence-electron chi connectivity index (χ3n) is 3.90. The molecule has 1 fully saturated rings. The Bertz CT molecular complexity index is 220. The standard InChI is InChI=1S/C14H28N2O/c1-3-4-5-6-10-16-14(17)13-11(2)8-7-9-12(13)15/h11-13H,3-10,15H2,1-2H3,(H,16,17). The van der Waals surface area contributed by atoms with E-state index in [2.05, 4.69) is 19.2 Å². The molecule has 0 aromatic carbocycles. The summed E-state index contributed by atoms with van der Waals surface area (Å²) in [4.78, 5) is 12.1. The molecule has 3 unspecified atom stereocenters. The van der Waals surface area contributed by atoms with E-state index in [0.717, 1.165) is 25.8 Å². The van der Waals surface area contributed by atoms with Crippen LogP contribution in [-0.2, 0) is 4.79 Å². The van der Waals surface area contributed by atoms with Crippen LogP contribution >= 0.6 is 0 Å². The predicted molar refractivity (Wildman–Crippen MR) is 71.6 cm³/mol. The van der Waals surface area contributed by atoms with E-state index in [1.54, 1.807) is 0 Å². The third kappa shape index (κ3) is 4.66. The Balaban J connectivity index is 2.25. The molecule has 3 N–H and O–H groups in total. The van der Waals surface area contributed by atoms with E-state index in [4.69, 9.17) is 5.73 Å². The first-order valence-electron chi connectivity index (χ1n) is 7.20. The van der Waals surface area contributed by atoms with Crippen molar-refractivity contribution in [3.8, 4) is 0 Å². The van der Waals surface area contributed by atoms with Crippen molar-refractivity contribution in [3.05, 3.63) is 0 Å². The first-order valence-corrected chi connectivity index (χ1v) is 7.20. The van der Waals surface area contributed by atoms with Crippen LogP contribution in [0, 0.1) is 11.8 Å². The summed E-state index contributed by atoms with van der Waals surface area (Å²) in [6, 6.07) is 0.0643. The molecule has 0 bridgehead atoms. The van der Waals surface area contributed by atoms with Crippen molar-refractivity contribution >= 4 is 5.91 Å². The Morgan fingerprint density at radius 1 is 1.29 bits per heavy atom. The molecule has 0 aromatic rings. The molecule has 0 heterocycles. The highest BCUT2D eigenvalue weighted by Crippen LogP contribution is 2.28. The minimum atomic E-state index is 0.0370. The van der Waals surface area contributed by atoms with Gasteiger partial charge in [0.2, 0.25) is 5.91 Å². The largest absolute Gasteiger partial charge is 0.356 e.